The van der Waals surface area contributed by atoms with Crippen molar-refractivity contribution in [2.24, 2.45) is 17.1 Å². The number of halogens is 2. The van der Waals surface area contributed by atoms with Crippen LogP contribution in [-0.2, 0) is 9.59 Å². The number of thiazole rings is 1. The lowest BCUT2D eigenvalue weighted by atomic mass is 9.85. The number of amides is 2. The number of nitrogens with one attached hydrogen (secondary N) is 2. The number of alkyl halides is 2. The summed E-state index contributed by atoms with van der Waals surface area (Å²) in [6.07, 6.45) is 8.47. The number of aromatic nitrogens is 1. The first-order chi connectivity index (χ1) is 22.3. The van der Waals surface area contributed by atoms with Crippen LogP contribution in [0.2, 0.25) is 0 Å². The van der Waals surface area contributed by atoms with Crippen LogP contribution >= 0.6 is 11.3 Å². The number of hydrogen-bond acceptors (Lipinski definition) is 7. The quantitative estimate of drug-likeness (QED) is 0.271. The van der Waals surface area contributed by atoms with E-state index in [1.54, 1.807) is 16.2 Å². The standard InChI is InChI=1S/C36H52F2N6O2S/c1-24-31(47-23-41-24)27-14-12-26(13-15-27)29(22-43-19-16-36(37,38)17-20-43)42-33(45)30-11-8-18-44(30)34(46)32(35(2,3)4)40-21-28(39)25-9-6-5-7-10-25/h12-15,21,23,25,29-30,32,40H,5-11,16-20,22,39H2,1-4H3,(H,42,45)/b28-21-. The van der Waals surface area contributed by atoms with Crippen molar-refractivity contribution in [3.8, 4) is 10.4 Å². The molecule has 5 rings (SSSR count). The smallest absolute Gasteiger partial charge is 0.250 e. The number of allylic oxidation sites excluding steroid dienone is 1. The van der Waals surface area contributed by atoms with Gasteiger partial charge in [-0.3, -0.25) is 9.59 Å². The second-order valence-electron chi connectivity index (χ2n) is 14.7. The average molecular weight is 671 g/mol. The number of aryl methyl sites for hydroxylation is 1. The van der Waals surface area contributed by atoms with Crippen LogP contribution in [0.1, 0.15) is 95.9 Å². The van der Waals surface area contributed by atoms with Gasteiger partial charge in [0, 0.05) is 50.9 Å². The normalized spacial score (nSPS) is 22.6. The van der Waals surface area contributed by atoms with Gasteiger partial charge in [-0.25, -0.2) is 13.8 Å². The summed E-state index contributed by atoms with van der Waals surface area (Å²) >= 11 is 1.58. The molecule has 1 saturated carbocycles. The first-order valence-corrected chi connectivity index (χ1v) is 18.1. The molecular weight excluding hydrogens is 618 g/mol. The van der Waals surface area contributed by atoms with Gasteiger partial charge in [0.1, 0.15) is 12.1 Å². The van der Waals surface area contributed by atoms with Crippen molar-refractivity contribution >= 4 is 23.2 Å². The molecule has 2 saturated heterocycles. The predicted molar refractivity (Wildman–Crippen MR) is 184 cm³/mol. The Bertz CT molecular complexity index is 1390. The van der Waals surface area contributed by atoms with Crippen molar-refractivity contribution in [3.05, 3.63) is 52.9 Å². The summed E-state index contributed by atoms with van der Waals surface area (Å²) in [5.41, 5.74) is 11.6. The van der Waals surface area contributed by atoms with Gasteiger partial charge in [0.2, 0.25) is 11.8 Å². The fourth-order valence-electron chi connectivity index (χ4n) is 7.16. The molecule has 2 amide bonds. The highest BCUT2D eigenvalue weighted by Gasteiger charge is 2.42. The zero-order valence-corrected chi connectivity index (χ0v) is 29.2. The van der Waals surface area contributed by atoms with Gasteiger partial charge < -0.3 is 26.2 Å². The van der Waals surface area contributed by atoms with Crippen molar-refractivity contribution in [3.63, 3.8) is 0 Å². The minimum absolute atomic E-state index is 0.109. The molecule has 4 N–H and O–H groups in total. The Hall–Kier alpha value is -3.05. The highest BCUT2D eigenvalue weighted by molar-refractivity contribution is 7.13. The topological polar surface area (TPSA) is 104 Å². The van der Waals surface area contributed by atoms with Crippen LogP contribution in [0, 0.1) is 18.3 Å². The molecule has 0 radical (unpaired) electrons. The number of carbonyl (C=O) groups is 2. The van der Waals surface area contributed by atoms with Crippen molar-refractivity contribution in [2.45, 2.75) is 110 Å². The summed E-state index contributed by atoms with van der Waals surface area (Å²) in [6.45, 7) is 9.49. The first kappa shape index (κ1) is 35.3. The van der Waals surface area contributed by atoms with E-state index in [1.807, 2.05) is 68.6 Å². The van der Waals surface area contributed by atoms with Gasteiger partial charge in [-0.1, -0.05) is 64.3 Å². The summed E-state index contributed by atoms with van der Waals surface area (Å²) in [5, 5.41) is 6.60. The van der Waals surface area contributed by atoms with E-state index in [0.717, 1.165) is 46.7 Å². The third-order valence-electron chi connectivity index (χ3n) is 10.1. The molecule has 0 spiro atoms. The van der Waals surface area contributed by atoms with Crippen molar-refractivity contribution < 1.29 is 18.4 Å². The lowest BCUT2D eigenvalue weighted by molar-refractivity contribution is -0.142. The molecule has 258 valence electrons. The molecule has 1 aliphatic carbocycles. The van der Waals surface area contributed by atoms with Gasteiger partial charge in [-0.05, 0) is 55.1 Å². The van der Waals surface area contributed by atoms with Crippen molar-refractivity contribution in [2.75, 3.05) is 26.2 Å². The average Bonchev–Trinajstić information content (AvgIpc) is 3.71. The SMILES string of the molecule is Cc1ncsc1-c1ccc(C(CN2CCC(F)(F)CC2)NC(=O)C2CCCN2C(=O)C(N/C=C(\N)C2CCCCC2)C(C)(C)C)cc1. The molecule has 8 nitrogen and oxygen atoms in total. The lowest BCUT2D eigenvalue weighted by Crippen LogP contribution is -2.56. The Morgan fingerprint density at radius 2 is 1.74 bits per heavy atom. The molecule has 0 bridgehead atoms. The number of piperidine rings is 1. The van der Waals surface area contributed by atoms with Crippen LogP contribution in [0.25, 0.3) is 10.4 Å². The Kier molecular flexibility index (Phi) is 11.3. The summed E-state index contributed by atoms with van der Waals surface area (Å²) in [6, 6.07) is 6.47. The van der Waals surface area contributed by atoms with Crippen molar-refractivity contribution in [1.29, 1.82) is 0 Å². The van der Waals surface area contributed by atoms with Crippen LogP contribution in [-0.4, -0.2) is 70.8 Å². The fourth-order valence-corrected chi connectivity index (χ4v) is 7.97. The monoisotopic (exact) mass is 670 g/mol. The second kappa shape index (κ2) is 15.0. The maximum absolute atomic E-state index is 14.1. The van der Waals surface area contributed by atoms with Crippen molar-refractivity contribution in [1.82, 2.24) is 25.4 Å². The van der Waals surface area contributed by atoms with Gasteiger partial charge >= 0.3 is 0 Å². The van der Waals surface area contributed by atoms with Crippen LogP contribution in [0.15, 0.2) is 41.7 Å². The molecular formula is C36H52F2N6O2S. The van der Waals surface area contributed by atoms with Crippen LogP contribution in [0.3, 0.4) is 0 Å². The number of benzene rings is 1. The van der Waals surface area contributed by atoms with E-state index in [-0.39, 0.29) is 37.7 Å². The number of nitrogens with two attached hydrogens (primary N) is 1. The molecule has 2 aliphatic heterocycles. The minimum atomic E-state index is -2.65. The number of hydrogen-bond donors (Lipinski definition) is 3. The van der Waals surface area contributed by atoms with Crippen LogP contribution in [0.5, 0.6) is 0 Å². The van der Waals surface area contributed by atoms with Gasteiger partial charge in [-0.15, -0.1) is 11.3 Å². The zero-order valence-electron chi connectivity index (χ0n) is 28.4. The van der Waals surface area contributed by atoms with Gasteiger partial charge in [0.15, 0.2) is 0 Å². The highest BCUT2D eigenvalue weighted by Crippen LogP contribution is 2.32. The van der Waals surface area contributed by atoms with Gasteiger partial charge in [0.25, 0.3) is 5.92 Å². The molecule has 3 aliphatic rings. The van der Waals surface area contributed by atoms with E-state index < -0.39 is 29.5 Å². The summed E-state index contributed by atoms with van der Waals surface area (Å²) in [7, 11) is 0. The van der Waals surface area contributed by atoms with E-state index in [2.05, 4.69) is 15.6 Å². The van der Waals surface area contributed by atoms with E-state index in [9.17, 15) is 18.4 Å². The Morgan fingerprint density at radius 3 is 2.36 bits per heavy atom. The Morgan fingerprint density at radius 1 is 1.06 bits per heavy atom. The summed E-state index contributed by atoms with van der Waals surface area (Å²) in [4.78, 5) is 37.3. The third kappa shape index (κ3) is 8.90. The van der Waals surface area contributed by atoms with E-state index in [0.29, 0.717) is 25.4 Å². The second-order valence-corrected chi connectivity index (χ2v) is 15.6. The fraction of sp³-hybridized carbons (Fsp3) is 0.639. The highest BCUT2D eigenvalue weighted by atomic mass is 32.1. The molecule has 3 atom stereocenters. The summed E-state index contributed by atoms with van der Waals surface area (Å²) < 4.78 is 27.9. The number of rotatable bonds is 10. The Labute approximate surface area is 282 Å². The molecule has 1 aromatic heterocycles. The number of nitrogens with zero attached hydrogens (tertiary/aromatic N) is 3. The molecule has 47 heavy (non-hydrogen) atoms. The zero-order chi connectivity index (χ0) is 33.8. The molecule has 2 aromatic rings. The summed E-state index contributed by atoms with van der Waals surface area (Å²) in [5.74, 6) is -2.64. The van der Waals surface area contributed by atoms with Crippen LogP contribution in [0.4, 0.5) is 8.78 Å². The Balaban J connectivity index is 1.32. The van der Waals surface area contributed by atoms with Crippen LogP contribution < -0.4 is 16.4 Å². The molecule has 1 aromatic carbocycles. The maximum Gasteiger partial charge on any atom is 0.250 e. The predicted octanol–water partition coefficient (Wildman–Crippen LogP) is 6.38. The van der Waals surface area contributed by atoms with E-state index in [4.69, 9.17) is 5.73 Å². The number of carbonyl (C=O) groups excluding carboxylic acids is 2. The molecule has 3 unspecified atom stereocenters. The minimum Gasteiger partial charge on any atom is -0.401 e. The third-order valence-corrected chi connectivity index (χ3v) is 11.1. The molecule has 3 fully saturated rings. The van der Waals surface area contributed by atoms with E-state index >= 15 is 0 Å². The number of likely N-dealkylation sites (tertiary alicyclic amines) is 2. The largest absolute Gasteiger partial charge is 0.401 e. The lowest BCUT2D eigenvalue weighted by Gasteiger charge is -2.37. The maximum atomic E-state index is 14.1. The molecule has 11 heteroatoms. The first-order valence-electron chi connectivity index (χ1n) is 17.3. The molecule has 3 heterocycles. The van der Waals surface area contributed by atoms with Gasteiger partial charge in [0.05, 0.1) is 22.1 Å². The van der Waals surface area contributed by atoms with Gasteiger partial charge in [-0.2, -0.15) is 0 Å². The van der Waals surface area contributed by atoms with E-state index in [1.165, 1.54) is 19.3 Å².